The lowest BCUT2D eigenvalue weighted by atomic mass is 9.81. The van der Waals surface area contributed by atoms with E-state index < -0.39 is 11.4 Å². The first kappa shape index (κ1) is 20.2. The van der Waals surface area contributed by atoms with Gasteiger partial charge in [-0.3, -0.25) is 9.69 Å². The molecule has 4 rings (SSSR count). The van der Waals surface area contributed by atoms with Crippen LogP contribution in [0.1, 0.15) is 50.2 Å². The van der Waals surface area contributed by atoms with E-state index in [-0.39, 0.29) is 11.9 Å². The summed E-state index contributed by atoms with van der Waals surface area (Å²) in [6.07, 6.45) is 5.17. The van der Waals surface area contributed by atoms with Crippen LogP contribution >= 0.6 is 0 Å². The number of amides is 2. The molecule has 6 nitrogen and oxygen atoms in total. The fourth-order valence-corrected chi connectivity index (χ4v) is 5.53. The summed E-state index contributed by atoms with van der Waals surface area (Å²) in [5, 5.41) is 12.7. The highest BCUT2D eigenvalue weighted by molar-refractivity contribution is 5.80. The summed E-state index contributed by atoms with van der Waals surface area (Å²) >= 11 is 0. The SMILES string of the molecule is CC1CCCN(Cc2ccc(CNC(=O)N3C[C@@H]4CCC[C@@]4(C(=O)O)C3)cc2)C1. The molecule has 29 heavy (non-hydrogen) atoms. The van der Waals surface area contributed by atoms with Crippen LogP contribution in [0.2, 0.25) is 0 Å². The third-order valence-corrected chi connectivity index (χ3v) is 7.20. The molecule has 0 bridgehead atoms. The highest BCUT2D eigenvalue weighted by atomic mass is 16.4. The zero-order valence-electron chi connectivity index (χ0n) is 17.4. The molecular weight excluding hydrogens is 366 g/mol. The molecule has 3 aliphatic rings. The fraction of sp³-hybridized carbons (Fsp3) is 0.652. The molecule has 2 amide bonds. The Labute approximate surface area is 173 Å². The normalized spacial score (nSPS) is 29.6. The molecule has 0 spiro atoms. The van der Waals surface area contributed by atoms with E-state index in [1.54, 1.807) is 4.90 Å². The van der Waals surface area contributed by atoms with Crippen LogP contribution in [0.5, 0.6) is 0 Å². The number of hydrogen-bond donors (Lipinski definition) is 2. The van der Waals surface area contributed by atoms with Gasteiger partial charge in [-0.15, -0.1) is 0 Å². The molecule has 3 fully saturated rings. The molecule has 3 atom stereocenters. The summed E-state index contributed by atoms with van der Waals surface area (Å²) in [4.78, 5) is 28.6. The topological polar surface area (TPSA) is 72.9 Å². The highest BCUT2D eigenvalue weighted by Crippen LogP contribution is 2.48. The second kappa shape index (κ2) is 8.34. The van der Waals surface area contributed by atoms with Crippen molar-refractivity contribution < 1.29 is 14.7 Å². The van der Waals surface area contributed by atoms with E-state index in [2.05, 4.69) is 41.4 Å². The Hall–Kier alpha value is -2.08. The Kier molecular flexibility index (Phi) is 5.81. The van der Waals surface area contributed by atoms with Gasteiger partial charge in [0.1, 0.15) is 0 Å². The van der Waals surface area contributed by atoms with E-state index in [4.69, 9.17) is 0 Å². The lowest BCUT2D eigenvalue weighted by Gasteiger charge is -2.30. The number of urea groups is 1. The Morgan fingerprint density at radius 2 is 1.90 bits per heavy atom. The third kappa shape index (κ3) is 4.27. The van der Waals surface area contributed by atoms with Crippen molar-refractivity contribution in [1.82, 2.24) is 15.1 Å². The van der Waals surface area contributed by atoms with Gasteiger partial charge in [-0.2, -0.15) is 0 Å². The zero-order chi connectivity index (χ0) is 20.4. The van der Waals surface area contributed by atoms with Crippen LogP contribution in [0.15, 0.2) is 24.3 Å². The standard InChI is InChI=1S/C23H33N3O3/c1-17-4-3-11-25(13-17)14-19-8-6-18(7-9-19)12-24-22(29)26-15-20-5-2-10-23(20,16-26)21(27)28/h6-9,17,20H,2-5,10-16H2,1H3,(H,24,29)(H,27,28)/t17?,20-,23+/m0/s1. The van der Waals surface area contributed by atoms with E-state index in [0.29, 0.717) is 26.1 Å². The summed E-state index contributed by atoms with van der Waals surface area (Å²) in [7, 11) is 0. The van der Waals surface area contributed by atoms with Crippen LogP contribution in [0.3, 0.4) is 0 Å². The molecule has 1 aromatic rings. The smallest absolute Gasteiger partial charge is 0.317 e. The Bertz CT molecular complexity index is 750. The third-order valence-electron chi connectivity index (χ3n) is 7.20. The van der Waals surface area contributed by atoms with Gasteiger partial charge in [0.15, 0.2) is 0 Å². The maximum absolute atomic E-state index is 12.6. The number of rotatable bonds is 5. The van der Waals surface area contributed by atoms with Crippen molar-refractivity contribution in [2.75, 3.05) is 26.2 Å². The van der Waals surface area contributed by atoms with Crippen molar-refractivity contribution in [3.05, 3.63) is 35.4 Å². The van der Waals surface area contributed by atoms with Gasteiger partial charge in [0, 0.05) is 32.7 Å². The molecule has 1 aliphatic carbocycles. The minimum absolute atomic E-state index is 0.0996. The number of likely N-dealkylation sites (tertiary alicyclic amines) is 2. The average Bonchev–Trinajstić information content (AvgIpc) is 3.26. The summed E-state index contributed by atoms with van der Waals surface area (Å²) < 4.78 is 0. The number of piperidine rings is 1. The second-order valence-electron chi connectivity index (χ2n) is 9.39. The summed E-state index contributed by atoms with van der Waals surface area (Å²) in [5.41, 5.74) is 1.66. The van der Waals surface area contributed by atoms with E-state index in [1.165, 1.54) is 31.5 Å². The van der Waals surface area contributed by atoms with Gasteiger partial charge >= 0.3 is 12.0 Å². The van der Waals surface area contributed by atoms with Gasteiger partial charge < -0.3 is 15.3 Å². The van der Waals surface area contributed by atoms with E-state index in [9.17, 15) is 14.7 Å². The molecule has 1 aromatic carbocycles. The summed E-state index contributed by atoms with van der Waals surface area (Å²) in [6, 6.07) is 8.33. The first-order chi connectivity index (χ1) is 14.0. The minimum Gasteiger partial charge on any atom is -0.481 e. The van der Waals surface area contributed by atoms with Crippen LogP contribution in [-0.4, -0.2) is 53.1 Å². The van der Waals surface area contributed by atoms with Gasteiger partial charge in [-0.25, -0.2) is 4.79 Å². The van der Waals surface area contributed by atoms with Crippen molar-refractivity contribution in [2.24, 2.45) is 17.3 Å². The van der Waals surface area contributed by atoms with Gasteiger partial charge in [0.2, 0.25) is 0 Å². The predicted molar refractivity (Wildman–Crippen MR) is 111 cm³/mol. The number of nitrogens with one attached hydrogen (secondary N) is 1. The molecule has 2 N–H and O–H groups in total. The van der Waals surface area contributed by atoms with Crippen molar-refractivity contribution in [2.45, 2.75) is 52.1 Å². The van der Waals surface area contributed by atoms with Crippen molar-refractivity contribution in [1.29, 1.82) is 0 Å². The number of nitrogens with zero attached hydrogens (tertiary/aromatic N) is 2. The number of aliphatic carboxylic acids is 1. The molecule has 6 heteroatoms. The van der Waals surface area contributed by atoms with Crippen LogP contribution in [-0.2, 0) is 17.9 Å². The number of carboxylic acids is 1. The largest absolute Gasteiger partial charge is 0.481 e. The number of carbonyl (C=O) groups is 2. The van der Waals surface area contributed by atoms with Crippen LogP contribution < -0.4 is 5.32 Å². The van der Waals surface area contributed by atoms with Gasteiger partial charge in [-0.05, 0) is 55.2 Å². The Morgan fingerprint density at radius 3 is 2.59 bits per heavy atom. The van der Waals surface area contributed by atoms with Gasteiger partial charge in [0.25, 0.3) is 0 Å². The van der Waals surface area contributed by atoms with E-state index in [0.717, 1.165) is 30.9 Å². The van der Waals surface area contributed by atoms with Crippen molar-refractivity contribution >= 4 is 12.0 Å². The molecule has 1 saturated carbocycles. The molecule has 0 aromatic heterocycles. The number of benzene rings is 1. The maximum atomic E-state index is 12.6. The zero-order valence-corrected chi connectivity index (χ0v) is 17.4. The Balaban J connectivity index is 1.27. The van der Waals surface area contributed by atoms with E-state index >= 15 is 0 Å². The molecule has 2 heterocycles. The number of carbonyl (C=O) groups excluding carboxylic acids is 1. The average molecular weight is 400 g/mol. The molecule has 1 unspecified atom stereocenters. The molecule has 0 radical (unpaired) electrons. The van der Waals surface area contributed by atoms with Crippen molar-refractivity contribution in [3.8, 4) is 0 Å². The first-order valence-electron chi connectivity index (χ1n) is 11.0. The monoisotopic (exact) mass is 399 g/mol. The maximum Gasteiger partial charge on any atom is 0.317 e. The van der Waals surface area contributed by atoms with Crippen LogP contribution in [0.4, 0.5) is 4.79 Å². The second-order valence-corrected chi connectivity index (χ2v) is 9.39. The van der Waals surface area contributed by atoms with Crippen molar-refractivity contribution in [3.63, 3.8) is 0 Å². The highest BCUT2D eigenvalue weighted by Gasteiger charge is 2.55. The summed E-state index contributed by atoms with van der Waals surface area (Å²) in [6.45, 7) is 7.04. The number of hydrogen-bond acceptors (Lipinski definition) is 3. The van der Waals surface area contributed by atoms with Crippen LogP contribution in [0, 0.1) is 17.3 Å². The minimum atomic E-state index is -0.742. The van der Waals surface area contributed by atoms with Crippen LogP contribution in [0.25, 0.3) is 0 Å². The molecule has 158 valence electrons. The number of fused-ring (bicyclic) bond motifs is 1. The molecular formula is C23H33N3O3. The van der Waals surface area contributed by atoms with Gasteiger partial charge in [-0.1, -0.05) is 37.6 Å². The molecule has 2 aliphatic heterocycles. The Morgan fingerprint density at radius 1 is 1.14 bits per heavy atom. The lowest BCUT2D eigenvalue weighted by Crippen LogP contribution is -2.41. The number of carboxylic acid groups (broad SMARTS) is 1. The quantitative estimate of drug-likeness (QED) is 0.797. The first-order valence-corrected chi connectivity index (χ1v) is 11.0. The van der Waals surface area contributed by atoms with Gasteiger partial charge in [0.05, 0.1) is 5.41 Å². The fourth-order valence-electron chi connectivity index (χ4n) is 5.53. The van der Waals surface area contributed by atoms with E-state index in [1.807, 2.05) is 0 Å². The molecule has 2 saturated heterocycles. The lowest BCUT2D eigenvalue weighted by molar-refractivity contribution is -0.149. The predicted octanol–water partition coefficient (Wildman–Crippen LogP) is 3.31. The summed E-state index contributed by atoms with van der Waals surface area (Å²) in [5.74, 6) is 0.139.